The largest absolute Gasteiger partial charge is 0.485 e. The van der Waals surface area contributed by atoms with E-state index in [1.54, 1.807) is 0 Å². The zero-order valence-corrected chi connectivity index (χ0v) is 11.8. The van der Waals surface area contributed by atoms with Crippen LogP contribution < -0.4 is 10.5 Å². The molecular weight excluding hydrogens is 270 g/mol. The number of rotatable bonds is 5. The first-order valence-electron chi connectivity index (χ1n) is 7.16. The molecule has 0 spiro atoms. The molecule has 112 valence electrons. The topological polar surface area (TPSA) is 83.4 Å². The fraction of sp³-hybridized carbons (Fsp3) is 0.467. The van der Waals surface area contributed by atoms with Crippen LogP contribution in [-0.2, 0) is 11.3 Å². The first-order chi connectivity index (χ1) is 10.3. The van der Waals surface area contributed by atoms with Crippen molar-refractivity contribution in [3.8, 4) is 5.75 Å². The molecule has 0 amide bonds. The van der Waals surface area contributed by atoms with E-state index in [2.05, 4.69) is 10.1 Å². The maximum atomic E-state index is 6.20. The van der Waals surface area contributed by atoms with Crippen molar-refractivity contribution in [2.75, 3.05) is 13.2 Å². The highest BCUT2D eigenvalue weighted by atomic mass is 16.5. The van der Waals surface area contributed by atoms with Crippen molar-refractivity contribution < 1.29 is 14.0 Å². The summed E-state index contributed by atoms with van der Waals surface area (Å²) >= 11 is 0. The summed E-state index contributed by atoms with van der Waals surface area (Å²) in [6.07, 6.45) is 1.86. The Morgan fingerprint density at radius 2 is 2.00 bits per heavy atom. The lowest BCUT2D eigenvalue weighted by Crippen LogP contribution is -2.27. The lowest BCUT2D eigenvalue weighted by atomic mass is 9.92. The van der Waals surface area contributed by atoms with Gasteiger partial charge in [-0.3, -0.25) is 0 Å². The van der Waals surface area contributed by atoms with Gasteiger partial charge in [-0.25, -0.2) is 0 Å². The number of aromatic nitrogens is 2. The second-order valence-corrected chi connectivity index (χ2v) is 5.13. The predicted molar refractivity (Wildman–Crippen MR) is 75.5 cm³/mol. The van der Waals surface area contributed by atoms with Crippen LogP contribution >= 0.6 is 0 Å². The number of nitrogens with two attached hydrogens (primary N) is 1. The minimum absolute atomic E-state index is 0.230. The highest BCUT2D eigenvalue weighted by molar-refractivity contribution is 5.20. The van der Waals surface area contributed by atoms with Gasteiger partial charge in [0.15, 0.2) is 6.61 Å². The maximum absolute atomic E-state index is 6.20. The molecule has 0 unspecified atom stereocenters. The summed E-state index contributed by atoms with van der Waals surface area (Å²) in [5.74, 6) is 2.10. The Labute approximate surface area is 123 Å². The molecule has 0 saturated carbocycles. The van der Waals surface area contributed by atoms with Gasteiger partial charge in [0.1, 0.15) is 5.75 Å². The summed E-state index contributed by atoms with van der Waals surface area (Å²) in [5, 5.41) is 3.92. The van der Waals surface area contributed by atoms with Crippen LogP contribution in [0.4, 0.5) is 0 Å². The molecule has 1 aromatic heterocycles. The number of hydrogen-bond donors (Lipinski definition) is 1. The van der Waals surface area contributed by atoms with Crippen molar-refractivity contribution in [1.82, 2.24) is 10.1 Å². The van der Waals surface area contributed by atoms with Crippen molar-refractivity contribution in [3.05, 3.63) is 42.0 Å². The fourth-order valence-corrected chi connectivity index (χ4v) is 2.40. The third kappa shape index (κ3) is 3.59. The Hall–Kier alpha value is -1.92. The standard InChI is InChI=1S/C15H19N3O3/c16-14(11-6-8-19-9-7-11)15-17-13(18-21-15)10-20-12-4-2-1-3-5-12/h1-5,11,14H,6-10,16H2/t14-/m0/s1. The summed E-state index contributed by atoms with van der Waals surface area (Å²) in [5.41, 5.74) is 6.20. The molecule has 0 bridgehead atoms. The van der Waals surface area contributed by atoms with E-state index >= 15 is 0 Å². The Morgan fingerprint density at radius 1 is 1.24 bits per heavy atom. The fourth-order valence-electron chi connectivity index (χ4n) is 2.40. The molecule has 1 aliphatic rings. The Bertz CT molecular complexity index is 552. The summed E-state index contributed by atoms with van der Waals surface area (Å²) in [6, 6.07) is 9.30. The molecule has 1 saturated heterocycles. The highest BCUT2D eigenvalue weighted by Crippen LogP contribution is 2.27. The lowest BCUT2D eigenvalue weighted by molar-refractivity contribution is 0.0546. The third-order valence-electron chi connectivity index (χ3n) is 3.65. The van der Waals surface area contributed by atoms with E-state index in [-0.39, 0.29) is 12.6 Å². The van der Waals surface area contributed by atoms with E-state index in [1.807, 2.05) is 30.3 Å². The van der Waals surface area contributed by atoms with E-state index in [4.69, 9.17) is 19.7 Å². The number of ether oxygens (including phenoxy) is 2. The molecule has 2 N–H and O–H groups in total. The molecule has 1 aromatic carbocycles. The Kier molecular flexibility index (Phi) is 4.47. The van der Waals surface area contributed by atoms with Gasteiger partial charge in [0.05, 0.1) is 6.04 Å². The third-order valence-corrected chi connectivity index (χ3v) is 3.65. The number of para-hydroxylation sites is 1. The quantitative estimate of drug-likeness (QED) is 0.907. The van der Waals surface area contributed by atoms with Crippen molar-refractivity contribution in [3.63, 3.8) is 0 Å². The van der Waals surface area contributed by atoms with Crippen molar-refractivity contribution in [2.24, 2.45) is 11.7 Å². The van der Waals surface area contributed by atoms with Crippen molar-refractivity contribution in [1.29, 1.82) is 0 Å². The van der Waals surface area contributed by atoms with Gasteiger partial charge >= 0.3 is 0 Å². The summed E-state index contributed by atoms with van der Waals surface area (Å²) in [4.78, 5) is 4.33. The van der Waals surface area contributed by atoms with E-state index in [0.29, 0.717) is 17.6 Å². The van der Waals surface area contributed by atoms with Gasteiger partial charge in [-0.1, -0.05) is 23.4 Å². The molecule has 1 fully saturated rings. The van der Waals surface area contributed by atoms with Crippen LogP contribution in [0.25, 0.3) is 0 Å². The summed E-state index contributed by atoms with van der Waals surface area (Å²) in [6.45, 7) is 1.76. The Balaban J connectivity index is 1.58. The molecule has 2 aromatic rings. The summed E-state index contributed by atoms with van der Waals surface area (Å²) < 4.78 is 16.2. The van der Waals surface area contributed by atoms with E-state index in [9.17, 15) is 0 Å². The number of nitrogens with zero attached hydrogens (tertiary/aromatic N) is 2. The SMILES string of the molecule is N[C@H](c1nc(COc2ccccc2)no1)C1CCOCC1. The molecular formula is C15H19N3O3. The minimum atomic E-state index is -0.230. The average Bonchev–Trinajstić information content (AvgIpc) is 3.03. The molecule has 2 heterocycles. The number of benzene rings is 1. The van der Waals surface area contributed by atoms with Crippen LogP contribution in [0.15, 0.2) is 34.9 Å². The molecule has 1 aliphatic heterocycles. The second-order valence-electron chi connectivity index (χ2n) is 5.13. The highest BCUT2D eigenvalue weighted by Gasteiger charge is 2.26. The average molecular weight is 289 g/mol. The van der Waals surface area contributed by atoms with Crippen LogP contribution in [-0.4, -0.2) is 23.4 Å². The van der Waals surface area contributed by atoms with E-state index < -0.39 is 0 Å². The zero-order chi connectivity index (χ0) is 14.5. The smallest absolute Gasteiger partial charge is 0.243 e. The van der Waals surface area contributed by atoms with Gasteiger partial charge in [0, 0.05) is 13.2 Å². The van der Waals surface area contributed by atoms with Crippen LogP contribution in [0.2, 0.25) is 0 Å². The van der Waals surface area contributed by atoms with Gasteiger partial charge in [0.2, 0.25) is 11.7 Å². The summed E-state index contributed by atoms with van der Waals surface area (Å²) in [7, 11) is 0. The molecule has 6 nitrogen and oxygen atoms in total. The Morgan fingerprint density at radius 3 is 2.76 bits per heavy atom. The molecule has 0 aliphatic carbocycles. The molecule has 1 atom stereocenters. The molecule has 0 radical (unpaired) electrons. The van der Waals surface area contributed by atoms with E-state index in [1.165, 1.54) is 0 Å². The van der Waals surface area contributed by atoms with Crippen LogP contribution in [0, 0.1) is 5.92 Å². The number of hydrogen-bond acceptors (Lipinski definition) is 6. The minimum Gasteiger partial charge on any atom is -0.485 e. The molecule has 21 heavy (non-hydrogen) atoms. The van der Waals surface area contributed by atoms with Gasteiger partial charge in [-0.2, -0.15) is 4.98 Å². The van der Waals surface area contributed by atoms with Gasteiger partial charge in [-0.15, -0.1) is 0 Å². The van der Waals surface area contributed by atoms with Crippen molar-refractivity contribution >= 4 is 0 Å². The predicted octanol–water partition coefficient (Wildman–Crippen LogP) is 2.08. The van der Waals surface area contributed by atoms with E-state index in [0.717, 1.165) is 31.8 Å². The molecule has 6 heteroatoms. The van der Waals surface area contributed by atoms with Crippen LogP contribution in [0.5, 0.6) is 5.75 Å². The normalized spacial score (nSPS) is 17.6. The monoisotopic (exact) mass is 289 g/mol. The van der Waals surface area contributed by atoms with Gasteiger partial charge < -0.3 is 19.7 Å². The van der Waals surface area contributed by atoms with Crippen LogP contribution in [0.3, 0.4) is 0 Å². The van der Waals surface area contributed by atoms with Crippen LogP contribution in [0.1, 0.15) is 30.6 Å². The first kappa shape index (κ1) is 14.0. The molecule has 3 rings (SSSR count). The lowest BCUT2D eigenvalue weighted by Gasteiger charge is -2.25. The second kappa shape index (κ2) is 6.69. The zero-order valence-electron chi connectivity index (χ0n) is 11.8. The first-order valence-corrected chi connectivity index (χ1v) is 7.16. The maximum Gasteiger partial charge on any atom is 0.243 e. The van der Waals surface area contributed by atoms with Gasteiger partial charge in [-0.05, 0) is 30.9 Å². The van der Waals surface area contributed by atoms with Gasteiger partial charge in [0.25, 0.3) is 0 Å². The van der Waals surface area contributed by atoms with Crippen molar-refractivity contribution in [2.45, 2.75) is 25.5 Å².